The number of ether oxygens (including phenoxy) is 1. The van der Waals surface area contributed by atoms with Crippen molar-refractivity contribution in [3.05, 3.63) is 34.3 Å². The molecule has 0 saturated heterocycles. The van der Waals surface area contributed by atoms with E-state index in [1.807, 2.05) is 39.8 Å². The van der Waals surface area contributed by atoms with Crippen molar-refractivity contribution < 1.29 is 13.7 Å². The molecule has 1 N–H and O–H groups in total. The summed E-state index contributed by atoms with van der Waals surface area (Å²) >= 11 is 6.07. The summed E-state index contributed by atoms with van der Waals surface area (Å²) in [6, 6.07) is 5.12. The fourth-order valence-corrected chi connectivity index (χ4v) is 2.88. The lowest BCUT2D eigenvalue weighted by atomic mass is 10.0. The highest BCUT2D eigenvalue weighted by Gasteiger charge is 2.25. The first-order valence-electron chi connectivity index (χ1n) is 6.65. The molecule has 4 nitrogen and oxygen atoms in total. The average Bonchev–Trinajstić information content (AvgIpc) is 2.35. The monoisotopic (exact) mass is 331 g/mol. The number of carbonyl (C=O) groups excluding carboxylic acids is 1. The van der Waals surface area contributed by atoms with Gasteiger partial charge in [0.25, 0.3) is 0 Å². The zero-order valence-electron chi connectivity index (χ0n) is 13.0. The predicted octanol–water partition coefficient (Wildman–Crippen LogP) is 3.30. The lowest BCUT2D eigenvalue weighted by Crippen LogP contribution is -2.36. The fraction of sp³-hybridized carbons (Fsp3) is 0.533. The molecule has 0 bridgehead atoms. The van der Waals surface area contributed by atoms with Crippen LogP contribution in [0.1, 0.15) is 44.4 Å². The Morgan fingerprint density at radius 1 is 1.38 bits per heavy atom. The van der Waals surface area contributed by atoms with Gasteiger partial charge in [-0.15, -0.1) is 0 Å². The molecule has 1 aromatic rings. The number of hydrogen-bond donors (Lipinski definition) is 1. The zero-order chi connectivity index (χ0) is 16.2. The van der Waals surface area contributed by atoms with Crippen LogP contribution in [0, 0.1) is 6.92 Å². The van der Waals surface area contributed by atoms with E-state index in [-0.39, 0.29) is 12.4 Å². The molecule has 21 heavy (non-hydrogen) atoms. The van der Waals surface area contributed by atoms with E-state index in [2.05, 4.69) is 4.72 Å². The topological polar surface area (TPSA) is 55.4 Å². The smallest absolute Gasteiger partial charge is 0.307 e. The van der Waals surface area contributed by atoms with E-state index in [4.69, 9.17) is 16.3 Å². The lowest BCUT2D eigenvalue weighted by molar-refractivity contribution is -0.141. The summed E-state index contributed by atoms with van der Waals surface area (Å²) in [5, 5.41) is 0.586. The van der Waals surface area contributed by atoms with Gasteiger partial charge >= 0.3 is 5.97 Å². The number of nitrogens with one attached hydrogen (secondary N) is 1. The summed E-state index contributed by atoms with van der Waals surface area (Å²) in [5.41, 5.74) is 1.80. The summed E-state index contributed by atoms with van der Waals surface area (Å²) in [6.45, 7) is 7.53. The lowest BCUT2D eigenvalue weighted by Gasteiger charge is -2.24. The van der Waals surface area contributed by atoms with Crippen LogP contribution in [0.3, 0.4) is 0 Å². The highest BCUT2D eigenvalue weighted by atomic mass is 35.5. The summed E-state index contributed by atoms with van der Waals surface area (Å²) in [6.07, 6.45) is 0.0953. The van der Waals surface area contributed by atoms with Crippen LogP contribution < -0.4 is 4.72 Å². The number of carbonyl (C=O) groups is 1. The molecule has 0 aromatic heterocycles. The molecule has 1 rings (SSSR count). The molecule has 0 amide bonds. The second kappa shape index (κ2) is 7.38. The molecule has 6 heteroatoms. The quantitative estimate of drug-likeness (QED) is 0.842. The van der Waals surface area contributed by atoms with Crippen LogP contribution in [-0.4, -0.2) is 22.0 Å². The van der Waals surface area contributed by atoms with Crippen LogP contribution >= 0.6 is 11.6 Å². The first kappa shape index (κ1) is 18.1. The molecule has 1 aromatic carbocycles. The molecule has 1 unspecified atom stereocenters. The molecule has 2 atom stereocenters. The van der Waals surface area contributed by atoms with E-state index in [0.717, 1.165) is 11.1 Å². The van der Waals surface area contributed by atoms with Crippen molar-refractivity contribution in [2.45, 2.75) is 44.9 Å². The van der Waals surface area contributed by atoms with Crippen LogP contribution in [0.2, 0.25) is 5.02 Å². The Kier molecular flexibility index (Phi) is 6.38. The Hall–Kier alpha value is -0.910. The number of methoxy groups -OCH3 is 1. The van der Waals surface area contributed by atoms with E-state index >= 15 is 0 Å². The van der Waals surface area contributed by atoms with Crippen molar-refractivity contribution in [2.24, 2.45) is 0 Å². The van der Waals surface area contributed by atoms with E-state index in [1.54, 1.807) is 6.07 Å². The van der Waals surface area contributed by atoms with Crippen molar-refractivity contribution in [1.82, 2.24) is 4.72 Å². The number of rotatable bonds is 5. The SMILES string of the molecule is COC(=O)C[C@H](NS(=O)C(C)(C)C)c1cc(C)cc(Cl)c1. The zero-order valence-corrected chi connectivity index (χ0v) is 14.6. The minimum Gasteiger partial charge on any atom is -0.469 e. The standard InChI is InChI=1S/C15H22ClNO3S/c1-10-6-11(8-12(16)7-10)13(9-14(18)20-5)17-21(19)15(2,3)4/h6-8,13,17H,9H2,1-5H3/t13-,21?/m0/s1. The molecule has 0 aliphatic heterocycles. The Morgan fingerprint density at radius 2 is 2.00 bits per heavy atom. The van der Waals surface area contributed by atoms with Crippen LogP contribution in [0.15, 0.2) is 18.2 Å². The summed E-state index contributed by atoms with van der Waals surface area (Å²) < 4.78 is 19.6. The van der Waals surface area contributed by atoms with Crippen molar-refractivity contribution in [3.8, 4) is 0 Å². The third-order valence-corrected chi connectivity index (χ3v) is 4.70. The van der Waals surface area contributed by atoms with E-state index in [1.165, 1.54) is 7.11 Å². The van der Waals surface area contributed by atoms with E-state index in [9.17, 15) is 9.00 Å². The molecule has 0 fully saturated rings. The largest absolute Gasteiger partial charge is 0.469 e. The molecular weight excluding hydrogens is 310 g/mol. The summed E-state index contributed by atoms with van der Waals surface area (Å²) in [7, 11) is 0.0363. The van der Waals surface area contributed by atoms with Crippen molar-refractivity contribution >= 4 is 28.6 Å². The van der Waals surface area contributed by atoms with Crippen LogP contribution in [0.4, 0.5) is 0 Å². The van der Waals surface area contributed by atoms with Gasteiger partial charge in [0, 0.05) is 5.02 Å². The first-order valence-corrected chi connectivity index (χ1v) is 8.18. The van der Waals surface area contributed by atoms with Gasteiger partial charge in [0.15, 0.2) is 0 Å². The van der Waals surface area contributed by atoms with Gasteiger partial charge in [0.05, 0.1) is 35.3 Å². The van der Waals surface area contributed by atoms with Crippen LogP contribution in [0.25, 0.3) is 0 Å². The van der Waals surface area contributed by atoms with Crippen molar-refractivity contribution in [2.75, 3.05) is 7.11 Å². The van der Waals surface area contributed by atoms with Gasteiger partial charge in [-0.2, -0.15) is 0 Å². The highest BCUT2D eigenvalue weighted by Crippen LogP contribution is 2.25. The number of esters is 1. The Balaban J connectivity index is 3.07. The van der Waals surface area contributed by atoms with Crippen LogP contribution in [0.5, 0.6) is 0 Å². The maximum absolute atomic E-state index is 12.3. The molecule has 118 valence electrons. The van der Waals surface area contributed by atoms with Gasteiger partial charge in [0.1, 0.15) is 0 Å². The maximum atomic E-state index is 12.3. The molecule has 0 aliphatic carbocycles. The summed E-state index contributed by atoms with van der Waals surface area (Å²) in [5.74, 6) is -0.365. The molecule has 0 radical (unpaired) electrons. The number of aryl methyl sites for hydroxylation is 1. The van der Waals surface area contributed by atoms with Gasteiger partial charge in [-0.25, -0.2) is 8.93 Å². The van der Waals surface area contributed by atoms with Gasteiger partial charge in [0.2, 0.25) is 0 Å². The average molecular weight is 332 g/mol. The van der Waals surface area contributed by atoms with E-state index < -0.39 is 21.8 Å². The highest BCUT2D eigenvalue weighted by molar-refractivity contribution is 7.84. The third-order valence-electron chi connectivity index (χ3n) is 2.87. The Labute approximate surface area is 133 Å². The second-order valence-corrected chi connectivity index (χ2v) is 8.33. The Bertz CT molecular complexity index is 520. The van der Waals surface area contributed by atoms with Gasteiger partial charge in [-0.1, -0.05) is 17.7 Å². The number of hydrogen-bond acceptors (Lipinski definition) is 3. The minimum absolute atomic E-state index is 0.0953. The van der Waals surface area contributed by atoms with E-state index in [0.29, 0.717) is 5.02 Å². The third kappa shape index (κ3) is 5.77. The molecule has 0 aliphatic rings. The number of halogens is 1. The minimum atomic E-state index is -1.30. The number of benzene rings is 1. The first-order chi connectivity index (χ1) is 9.63. The molecule has 0 saturated carbocycles. The molecular formula is C15H22ClNO3S. The van der Waals surface area contributed by atoms with Gasteiger partial charge in [-0.3, -0.25) is 4.79 Å². The molecule has 0 spiro atoms. The fourth-order valence-electron chi connectivity index (χ4n) is 1.75. The van der Waals surface area contributed by atoms with Gasteiger partial charge < -0.3 is 4.74 Å². The maximum Gasteiger partial charge on any atom is 0.307 e. The normalized spacial score (nSPS) is 14.6. The van der Waals surface area contributed by atoms with Crippen molar-refractivity contribution in [1.29, 1.82) is 0 Å². The van der Waals surface area contributed by atoms with Gasteiger partial charge in [-0.05, 0) is 51.0 Å². The molecule has 0 heterocycles. The van der Waals surface area contributed by atoms with Crippen LogP contribution in [-0.2, 0) is 20.5 Å². The Morgan fingerprint density at radius 3 is 2.48 bits per heavy atom. The summed E-state index contributed by atoms with van der Waals surface area (Å²) in [4.78, 5) is 11.6. The second-order valence-electron chi connectivity index (χ2n) is 5.89. The predicted molar refractivity (Wildman–Crippen MR) is 86.6 cm³/mol. The van der Waals surface area contributed by atoms with Crippen molar-refractivity contribution in [3.63, 3.8) is 0 Å².